The summed E-state index contributed by atoms with van der Waals surface area (Å²) in [6.07, 6.45) is 6.69. The minimum atomic E-state index is 0.0235. The highest BCUT2D eigenvalue weighted by atomic mass is 16.3. The fraction of sp³-hybridized carbons (Fsp3) is 0.565. The van der Waals surface area contributed by atoms with Gasteiger partial charge in [-0.15, -0.1) is 10.2 Å². The van der Waals surface area contributed by atoms with Gasteiger partial charge in [0.05, 0.1) is 5.69 Å². The van der Waals surface area contributed by atoms with E-state index >= 15 is 0 Å². The molecular formula is C23H31N5O2. The molecule has 7 nitrogen and oxygen atoms in total. The Morgan fingerprint density at radius 3 is 2.77 bits per heavy atom. The fourth-order valence-corrected chi connectivity index (χ4v) is 4.70. The van der Waals surface area contributed by atoms with Crippen molar-refractivity contribution in [2.24, 2.45) is 5.92 Å². The molecule has 2 aliphatic rings. The lowest BCUT2D eigenvalue weighted by molar-refractivity contribution is -0.126. The normalized spacial score (nSPS) is 20.8. The first kappa shape index (κ1) is 20.6. The second-order valence-corrected chi connectivity index (χ2v) is 8.89. The summed E-state index contributed by atoms with van der Waals surface area (Å²) in [6.45, 7) is 5.86. The van der Waals surface area contributed by atoms with Crippen molar-refractivity contribution < 1.29 is 9.90 Å². The number of fused-ring (bicyclic) bond motifs is 1. The number of amides is 1. The minimum absolute atomic E-state index is 0.0235. The second-order valence-electron chi connectivity index (χ2n) is 8.89. The molecule has 2 atom stereocenters. The van der Waals surface area contributed by atoms with E-state index in [0.717, 1.165) is 56.2 Å². The van der Waals surface area contributed by atoms with Crippen LogP contribution in [-0.4, -0.2) is 38.3 Å². The molecule has 1 heterocycles. The van der Waals surface area contributed by atoms with E-state index in [4.69, 9.17) is 0 Å². The molecule has 4 rings (SSSR count). The van der Waals surface area contributed by atoms with E-state index in [1.165, 1.54) is 5.56 Å². The largest absolute Gasteiger partial charge is 0.507 e. The lowest BCUT2D eigenvalue weighted by Crippen LogP contribution is -2.40. The molecular weight excluding hydrogens is 378 g/mol. The van der Waals surface area contributed by atoms with Crippen LogP contribution < -0.4 is 10.6 Å². The number of anilines is 1. The summed E-state index contributed by atoms with van der Waals surface area (Å²) in [5.41, 5.74) is 4.30. The maximum Gasteiger partial charge on any atom is 0.243 e. The van der Waals surface area contributed by atoms with Gasteiger partial charge in [0.25, 0.3) is 0 Å². The van der Waals surface area contributed by atoms with Gasteiger partial charge in [0, 0.05) is 23.6 Å². The van der Waals surface area contributed by atoms with Crippen LogP contribution in [0.3, 0.4) is 0 Å². The van der Waals surface area contributed by atoms with Gasteiger partial charge in [-0.3, -0.25) is 4.79 Å². The van der Waals surface area contributed by atoms with Crippen molar-refractivity contribution in [2.75, 3.05) is 5.32 Å². The van der Waals surface area contributed by atoms with E-state index in [1.807, 2.05) is 26.8 Å². The SMILES string of the molecule is Cc1nc(N[C@@H]2CCC[C@H](C(=O)NC(C)C)C2)nnc1-c1ccc2c(c1O)CCC2. The Balaban J connectivity index is 1.47. The number of rotatable bonds is 5. The Bertz CT molecular complexity index is 943. The predicted octanol–water partition coefficient (Wildman–Crippen LogP) is 3.54. The van der Waals surface area contributed by atoms with Gasteiger partial charge >= 0.3 is 0 Å². The highest BCUT2D eigenvalue weighted by molar-refractivity contribution is 5.79. The van der Waals surface area contributed by atoms with Crippen LogP contribution in [0.2, 0.25) is 0 Å². The molecule has 2 aliphatic carbocycles. The van der Waals surface area contributed by atoms with Crippen molar-refractivity contribution in [3.05, 3.63) is 29.0 Å². The predicted molar refractivity (Wildman–Crippen MR) is 116 cm³/mol. The highest BCUT2D eigenvalue weighted by Crippen LogP contribution is 2.38. The molecule has 3 N–H and O–H groups in total. The number of aromatic hydroxyl groups is 1. The Morgan fingerprint density at radius 2 is 2.00 bits per heavy atom. The molecule has 0 unspecified atom stereocenters. The topological polar surface area (TPSA) is 100 Å². The van der Waals surface area contributed by atoms with Gasteiger partial charge < -0.3 is 15.7 Å². The zero-order valence-electron chi connectivity index (χ0n) is 18.0. The number of carbonyl (C=O) groups excluding carboxylic acids is 1. The van der Waals surface area contributed by atoms with Gasteiger partial charge in [-0.1, -0.05) is 12.5 Å². The van der Waals surface area contributed by atoms with E-state index < -0.39 is 0 Å². The molecule has 30 heavy (non-hydrogen) atoms. The number of hydrogen-bond donors (Lipinski definition) is 3. The second kappa shape index (κ2) is 8.58. The maximum absolute atomic E-state index is 12.4. The van der Waals surface area contributed by atoms with E-state index in [0.29, 0.717) is 23.0 Å². The standard InChI is InChI=1S/C23H31N5O2/c1-13(2)24-22(30)16-7-4-8-17(12-16)26-23-25-14(3)20(27-28-23)19-11-10-15-6-5-9-18(15)21(19)29/h10-11,13,16-17,29H,4-9,12H2,1-3H3,(H,24,30)(H,25,26,28)/t16-,17+/m0/s1. The highest BCUT2D eigenvalue weighted by Gasteiger charge is 2.28. The van der Waals surface area contributed by atoms with Crippen molar-refractivity contribution in [2.45, 2.75) is 77.8 Å². The Labute approximate surface area is 177 Å². The van der Waals surface area contributed by atoms with Gasteiger partial charge in [-0.2, -0.15) is 0 Å². The zero-order valence-corrected chi connectivity index (χ0v) is 18.0. The Kier molecular flexibility index (Phi) is 5.88. The van der Waals surface area contributed by atoms with Gasteiger partial charge in [0.2, 0.25) is 11.9 Å². The third kappa shape index (κ3) is 4.25. The van der Waals surface area contributed by atoms with Crippen LogP contribution in [0.15, 0.2) is 12.1 Å². The van der Waals surface area contributed by atoms with Crippen LogP contribution in [0.1, 0.15) is 62.8 Å². The third-order valence-corrected chi connectivity index (χ3v) is 6.18. The molecule has 0 spiro atoms. The lowest BCUT2D eigenvalue weighted by Gasteiger charge is -2.29. The van der Waals surface area contributed by atoms with Crippen LogP contribution in [0, 0.1) is 12.8 Å². The van der Waals surface area contributed by atoms with Gasteiger partial charge in [0.15, 0.2) is 0 Å². The summed E-state index contributed by atoms with van der Waals surface area (Å²) in [5.74, 6) is 0.951. The van der Waals surface area contributed by atoms with Crippen LogP contribution >= 0.6 is 0 Å². The summed E-state index contributed by atoms with van der Waals surface area (Å²) in [4.78, 5) is 17.0. The van der Waals surface area contributed by atoms with Crippen molar-refractivity contribution in [3.63, 3.8) is 0 Å². The molecule has 2 aromatic rings. The van der Waals surface area contributed by atoms with E-state index in [2.05, 4.69) is 31.9 Å². The number of aromatic nitrogens is 3. The van der Waals surface area contributed by atoms with Gasteiger partial charge in [0.1, 0.15) is 11.4 Å². The number of hydrogen-bond acceptors (Lipinski definition) is 6. The molecule has 1 aromatic heterocycles. The molecule has 7 heteroatoms. The number of benzene rings is 1. The monoisotopic (exact) mass is 409 g/mol. The van der Waals surface area contributed by atoms with E-state index in [-0.39, 0.29) is 23.9 Å². The Morgan fingerprint density at radius 1 is 1.17 bits per heavy atom. The van der Waals surface area contributed by atoms with Crippen LogP contribution in [-0.2, 0) is 17.6 Å². The fourth-order valence-electron chi connectivity index (χ4n) is 4.70. The Hall–Kier alpha value is -2.70. The average molecular weight is 410 g/mol. The molecule has 0 bridgehead atoms. The molecule has 160 valence electrons. The molecule has 1 aromatic carbocycles. The summed E-state index contributed by atoms with van der Waals surface area (Å²) in [7, 11) is 0. The van der Waals surface area contributed by atoms with Crippen molar-refractivity contribution in [1.82, 2.24) is 20.5 Å². The van der Waals surface area contributed by atoms with Gasteiger partial charge in [-0.25, -0.2) is 4.98 Å². The number of nitrogens with one attached hydrogen (secondary N) is 2. The molecule has 0 saturated heterocycles. The molecule has 0 radical (unpaired) electrons. The quantitative estimate of drug-likeness (QED) is 0.698. The number of phenolic OH excluding ortho intramolecular Hbond substituents is 1. The van der Waals surface area contributed by atoms with Gasteiger partial charge in [-0.05, 0) is 76.5 Å². The molecule has 1 fully saturated rings. The summed E-state index contributed by atoms with van der Waals surface area (Å²) >= 11 is 0. The van der Waals surface area contributed by atoms with E-state index in [9.17, 15) is 9.90 Å². The minimum Gasteiger partial charge on any atom is -0.507 e. The van der Waals surface area contributed by atoms with Crippen LogP contribution in [0.25, 0.3) is 11.3 Å². The molecule has 1 amide bonds. The number of nitrogens with zero attached hydrogens (tertiary/aromatic N) is 3. The van der Waals surface area contributed by atoms with Crippen molar-refractivity contribution in [3.8, 4) is 17.0 Å². The smallest absolute Gasteiger partial charge is 0.243 e. The molecule has 0 aliphatic heterocycles. The number of aryl methyl sites for hydroxylation is 2. The third-order valence-electron chi connectivity index (χ3n) is 6.18. The van der Waals surface area contributed by atoms with E-state index in [1.54, 1.807) is 0 Å². The maximum atomic E-state index is 12.4. The first-order chi connectivity index (χ1) is 14.4. The van der Waals surface area contributed by atoms with Crippen molar-refractivity contribution in [1.29, 1.82) is 0 Å². The number of carbonyl (C=O) groups is 1. The lowest BCUT2D eigenvalue weighted by atomic mass is 9.85. The number of phenols is 1. The first-order valence-electron chi connectivity index (χ1n) is 11.0. The van der Waals surface area contributed by atoms with Crippen LogP contribution in [0.4, 0.5) is 5.95 Å². The zero-order chi connectivity index (χ0) is 21.3. The van der Waals surface area contributed by atoms with Crippen molar-refractivity contribution >= 4 is 11.9 Å². The summed E-state index contributed by atoms with van der Waals surface area (Å²) in [5, 5.41) is 25.8. The van der Waals surface area contributed by atoms with Crippen LogP contribution in [0.5, 0.6) is 5.75 Å². The first-order valence-corrected chi connectivity index (χ1v) is 11.0. The molecule has 1 saturated carbocycles. The average Bonchev–Trinajstić information content (AvgIpc) is 3.18. The summed E-state index contributed by atoms with van der Waals surface area (Å²) < 4.78 is 0. The summed E-state index contributed by atoms with van der Waals surface area (Å²) in [6, 6.07) is 4.31.